The van der Waals surface area contributed by atoms with Gasteiger partial charge < -0.3 is 9.73 Å². The Labute approximate surface area is 143 Å². The molecule has 0 unspecified atom stereocenters. The highest BCUT2D eigenvalue weighted by atomic mass is 79.9. The Bertz CT molecular complexity index is 858. The van der Waals surface area contributed by atoms with Crippen LogP contribution in [0.3, 0.4) is 0 Å². The fraction of sp³-hybridized carbons (Fsp3) is 0.267. The van der Waals surface area contributed by atoms with E-state index in [1.165, 1.54) is 13.8 Å². The topological polar surface area (TPSA) is 102 Å². The summed E-state index contributed by atoms with van der Waals surface area (Å²) < 4.78 is 29.6. The van der Waals surface area contributed by atoms with Crippen LogP contribution in [-0.4, -0.2) is 14.3 Å². The second kappa shape index (κ2) is 6.46. The monoisotopic (exact) mass is 400 g/mol. The van der Waals surface area contributed by atoms with Crippen molar-refractivity contribution in [3.63, 3.8) is 0 Å². The first-order chi connectivity index (χ1) is 10.6. The Morgan fingerprint density at radius 1 is 1.26 bits per heavy atom. The maximum Gasteiger partial charge on any atom is 0.256 e. The molecule has 124 valence electrons. The van der Waals surface area contributed by atoms with Gasteiger partial charge in [0.1, 0.15) is 22.0 Å². The molecule has 2 aromatic rings. The molecule has 1 aromatic heterocycles. The first kappa shape index (κ1) is 17.7. The Morgan fingerprint density at radius 2 is 1.87 bits per heavy atom. The molecule has 8 heteroatoms. The van der Waals surface area contributed by atoms with Crippen LogP contribution in [0.15, 0.2) is 38.1 Å². The van der Waals surface area contributed by atoms with Gasteiger partial charge in [-0.2, -0.15) is 0 Å². The largest absolute Gasteiger partial charge is 0.464 e. The summed E-state index contributed by atoms with van der Waals surface area (Å²) in [5.74, 6) is -0.237. The first-order valence-electron chi connectivity index (χ1n) is 6.81. The van der Waals surface area contributed by atoms with E-state index < -0.39 is 15.9 Å². The van der Waals surface area contributed by atoms with E-state index >= 15 is 0 Å². The average molecular weight is 401 g/mol. The number of nitrogens with one attached hydrogen (secondary N) is 1. The molecule has 0 radical (unpaired) electrons. The van der Waals surface area contributed by atoms with Gasteiger partial charge in [0.05, 0.1) is 6.04 Å². The average Bonchev–Trinajstić information content (AvgIpc) is 2.73. The predicted octanol–water partition coefficient (Wildman–Crippen LogP) is 2.80. The van der Waals surface area contributed by atoms with E-state index in [1.807, 2.05) is 24.3 Å². The quantitative estimate of drug-likeness (QED) is 0.822. The van der Waals surface area contributed by atoms with Crippen LogP contribution in [0.1, 0.15) is 40.4 Å². The molecule has 0 saturated carbocycles. The second-order valence-corrected chi connectivity index (χ2v) is 7.53. The lowest BCUT2D eigenvalue weighted by atomic mass is 10.1. The van der Waals surface area contributed by atoms with E-state index in [4.69, 9.17) is 9.56 Å². The van der Waals surface area contributed by atoms with E-state index in [-0.39, 0.29) is 28.0 Å². The number of hydrogen-bond acceptors (Lipinski definition) is 4. The summed E-state index contributed by atoms with van der Waals surface area (Å²) in [4.78, 5) is 12.3. The van der Waals surface area contributed by atoms with Crippen LogP contribution in [0.2, 0.25) is 0 Å². The third kappa shape index (κ3) is 3.65. The van der Waals surface area contributed by atoms with Gasteiger partial charge in [0.15, 0.2) is 0 Å². The Morgan fingerprint density at radius 3 is 2.43 bits per heavy atom. The standard InChI is InChI=1S/C15H17BrN2O4S/c1-8(11-6-4-5-7-12(11)16)18-15(19)13-9(2)22-10(3)14(13)23(17,20)21/h4-8H,1-3H3,(H,18,19)(H2,17,20,21)/t8-/m1/s1. The van der Waals surface area contributed by atoms with Crippen LogP contribution in [0.5, 0.6) is 0 Å². The number of primary sulfonamides is 1. The molecule has 0 aliphatic carbocycles. The van der Waals surface area contributed by atoms with Gasteiger partial charge >= 0.3 is 0 Å². The van der Waals surface area contributed by atoms with Crippen LogP contribution >= 0.6 is 15.9 Å². The number of aryl methyl sites for hydroxylation is 2. The molecule has 0 spiro atoms. The lowest BCUT2D eigenvalue weighted by Crippen LogP contribution is -2.29. The molecule has 23 heavy (non-hydrogen) atoms. The molecule has 1 aromatic carbocycles. The Hall–Kier alpha value is -1.64. The number of sulfonamides is 1. The number of nitrogens with two attached hydrogens (primary N) is 1. The predicted molar refractivity (Wildman–Crippen MR) is 89.6 cm³/mol. The number of rotatable bonds is 4. The fourth-order valence-corrected chi connectivity index (χ4v) is 4.03. The zero-order chi connectivity index (χ0) is 17.4. The molecule has 3 N–H and O–H groups in total. The van der Waals surface area contributed by atoms with Crippen LogP contribution in [0.25, 0.3) is 0 Å². The van der Waals surface area contributed by atoms with Crippen molar-refractivity contribution in [3.05, 3.63) is 51.4 Å². The highest BCUT2D eigenvalue weighted by Crippen LogP contribution is 2.27. The van der Waals surface area contributed by atoms with Crippen molar-refractivity contribution >= 4 is 31.9 Å². The second-order valence-electron chi connectivity index (χ2n) is 5.18. The van der Waals surface area contributed by atoms with E-state index in [9.17, 15) is 13.2 Å². The number of carbonyl (C=O) groups is 1. The Kier molecular flexibility index (Phi) is 4.98. The van der Waals surface area contributed by atoms with Gasteiger partial charge in [0, 0.05) is 4.47 Å². The molecule has 0 aliphatic heterocycles. The van der Waals surface area contributed by atoms with Gasteiger partial charge in [-0.05, 0) is 32.4 Å². The van der Waals surface area contributed by atoms with E-state index in [0.717, 1.165) is 10.0 Å². The number of hydrogen-bond donors (Lipinski definition) is 2. The molecule has 1 amide bonds. The van der Waals surface area contributed by atoms with Gasteiger partial charge in [-0.3, -0.25) is 4.79 Å². The summed E-state index contributed by atoms with van der Waals surface area (Å²) in [5.41, 5.74) is 0.819. The van der Waals surface area contributed by atoms with Crippen molar-refractivity contribution in [1.82, 2.24) is 5.32 Å². The summed E-state index contributed by atoms with van der Waals surface area (Å²) in [6.07, 6.45) is 0. The molecule has 0 fully saturated rings. The lowest BCUT2D eigenvalue weighted by molar-refractivity contribution is 0.0935. The Balaban J connectivity index is 2.38. The first-order valence-corrected chi connectivity index (χ1v) is 9.15. The molecule has 1 heterocycles. The number of carbonyl (C=O) groups excluding carboxylic acids is 1. The van der Waals surface area contributed by atoms with Crippen LogP contribution in [0, 0.1) is 13.8 Å². The van der Waals surface area contributed by atoms with Crippen molar-refractivity contribution in [2.75, 3.05) is 0 Å². The summed E-state index contributed by atoms with van der Waals surface area (Å²) in [5, 5.41) is 7.97. The molecule has 0 saturated heterocycles. The van der Waals surface area contributed by atoms with Crippen molar-refractivity contribution in [3.8, 4) is 0 Å². The SMILES string of the molecule is Cc1oc(C)c(S(N)(=O)=O)c1C(=O)N[C@H](C)c1ccccc1Br. The fourth-order valence-electron chi connectivity index (χ4n) is 2.44. The lowest BCUT2D eigenvalue weighted by Gasteiger charge is -2.16. The van der Waals surface area contributed by atoms with E-state index in [0.29, 0.717) is 0 Å². The number of benzene rings is 1. The van der Waals surface area contributed by atoms with Gasteiger partial charge in [-0.1, -0.05) is 34.1 Å². The summed E-state index contributed by atoms with van der Waals surface area (Å²) in [6, 6.07) is 7.11. The zero-order valence-corrected chi connectivity index (χ0v) is 15.3. The molecule has 0 bridgehead atoms. The summed E-state index contributed by atoms with van der Waals surface area (Å²) >= 11 is 3.42. The molecule has 2 rings (SSSR count). The molecule has 6 nitrogen and oxygen atoms in total. The maximum atomic E-state index is 12.5. The van der Waals surface area contributed by atoms with E-state index in [2.05, 4.69) is 21.2 Å². The van der Waals surface area contributed by atoms with Gasteiger partial charge in [0.25, 0.3) is 5.91 Å². The van der Waals surface area contributed by atoms with Crippen molar-refractivity contribution < 1.29 is 17.6 Å². The molecular formula is C15H17BrN2O4S. The van der Waals surface area contributed by atoms with Crippen molar-refractivity contribution in [2.45, 2.75) is 31.7 Å². The molecular weight excluding hydrogens is 384 g/mol. The molecule has 1 atom stereocenters. The minimum Gasteiger partial charge on any atom is -0.464 e. The maximum absolute atomic E-state index is 12.5. The zero-order valence-electron chi connectivity index (χ0n) is 12.9. The summed E-state index contributed by atoms with van der Waals surface area (Å²) in [7, 11) is -4.06. The van der Waals surface area contributed by atoms with Gasteiger partial charge in [-0.25, -0.2) is 13.6 Å². The van der Waals surface area contributed by atoms with Crippen molar-refractivity contribution in [1.29, 1.82) is 0 Å². The minimum absolute atomic E-state index is 0.0519. The normalized spacial score (nSPS) is 12.9. The third-order valence-corrected chi connectivity index (χ3v) is 5.22. The molecule has 0 aliphatic rings. The van der Waals surface area contributed by atoms with Crippen LogP contribution in [0.4, 0.5) is 0 Å². The van der Waals surface area contributed by atoms with Crippen LogP contribution in [-0.2, 0) is 10.0 Å². The van der Waals surface area contributed by atoms with Gasteiger partial charge in [0.2, 0.25) is 10.0 Å². The smallest absolute Gasteiger partial charge is 0.256 e. The van der Waals surface area contributed by atoms with Crippen LogP contribution < -0.4 is 10.5 Å². The highest BCUT2D eigenvalue weighted by Gasteiger charge is 2.29. The number of furan rings is 1. The third-order valence-electron chi connectivity index (χ3n) is 3.44. The summed E-state index contributed by atoms with van der Waals surface area (Å²) in [6.45, 7) is 4.79. The number of halogens is 1. The minimum atomic E-state index is -4.06. The van der Waals surface area contributed by atoms with Crippen molar-refractivity contribution in [2.24, 2.45) is 5.14 Å². The number of amides is 1. The van der Waals surface area contributed by atoms with E-state index in [1.54, 1.807) is 6.92 Å². The highest BCUT2D eigenvalue weighted by molar-refractivity contribution is 9.10. The van der Waals surface area contributed by atoms with Gasteiger partial charge in [-0.15, -0.1) is 0 Å².